The number of hydrogen-bond acceptors (Lipinski definition) is 2. The Hall–Kier alpha value is -2.62. The zero-order chi connectivity index (χ0) is 15.5. The van der Waals surface area contributed by atoms with Crippen LogP contribution in [0.4, 0.5) is 10.1 Å². The number of anilines is 1. The first-order valence-electron chi connectivity index (χ1n) is 7.19. The molecule has 0 aliphatic carbocycles. The van der Waals surface area contributed by atoms with Crippen molar-refractivity contribution in [3.63, 3.8) is 0 Å². The van der Waals surface area contributed by atoms with Crippen LogP contribution >= 0.6 is 0 Å². The maximum absolute atomic E-state index is 13.0. The van der Waals surface area contributed by atoms with Gasteiger partial charge in [-0.05, 0) is 43.3 Å². The molecule has 0 atom stereocenters. The number of carbonyl (C=O) groups is 1. The van der Waals surface area contributed by atoms with E-state index < -0.39 is 0 Å². The number of benzene rings is 2. The molecule has 2 aromatic carbocycles. The van der Waals surface area contributed by atoms with E-state index in [1.165, 1.54) is 12.1 Å². The van der Waals surface area contributed by atoms with E-state index in [2.05, 4.69) is 0 Å². The second-order valence-electron chi connectivity index (χ2n) is 5.02. The SMILES string of the molecule is CCN(C(=O)C1=Cc2ccccc2OC1)c1ccc(F)cc1. The molecule has 0 aromatic heterocycles. The molecule has 2 aromatic rings. The lowest BCUT2D eigenvalue weighted by Gasteiger charge is -2.24. The summed E-state index contributed by atoms with van der Waals surface area (Å²) in [6, 6.07) is 13.5. The van der Waals surface area contributed by atoms with E-state index in [1.54, 1.807) is 17.0 Å². The largest absolute Gasteiger partial charge is 0.488 e. The van der Waals surface area contributed by atoms with Gasteiger partial charge in [0.05, 0.1) is 5.57 Å². The van der Waals surface area contributed by atoms with E-state index in [9.17, 15) is 9.18 Å². The van der Waals surface area contributed by atoms with Gasteiger partial charge in [0.15, 0.2) is 0 Å². The van der Waals surface area contributed by atoms with Crippen LogP contribution in [0.5, 0.6) is 5.75 Å². The number of amides is 1. The van der Waals surface area contributed by atoms with Crippen molar-refractivity contribution in [2.45, 2.75) is 6.92 Å². The van der Waals surface area contributed by atoms with Crippen molar-refractivity contribution in [2.24, 2.45) is 0 Å². The Kier molecular flexibility index (Phi) is 3.92. The molecule has 22 heavy (non-hydrogen) atoms. The Balaban J connectivity index is 1.89. The Morgan fingerprint density at radius 1 is 1.18 bits per heavy atom. The number of halogens is 1. The van der Waals surface area contributed by atoms with E-state index >= 15 is 0 Å². The van der Waals surface area contributed by atoms with Crippen molar-refractivity contribution in [1.82, 2.24) is 0 Å². The van der Waals surface area contributed by atoms with E-state index in [0.717, 1.165) is 11.3 Å². The molecular formula is C18H16FNO2. The molecule has 0 saturated carbocycles. The molecule has 0 spiro atoms. The fraction of sp³-hybridized carbons (Fsp3) is 0.167. The van der Waals surface area contributed by atoms with Crippen molar-refractivity contribution in [3.8, 4) is 5.75 Å². The Morgan fingerprint density at radius 2 is 1.91 bits per heavy atom. The standard InChI is InChI=1S/C18H16FNO2/c1-2-20(16-9-7-15(19)8-10-16)18(21)14-11-13-5-3-4-6-17(13)22-12-14/h3-11H,2,12H2,1H3. The molecule has 0 fully saturated rings. The molecule has 0 unspecified atom stereocenters. The summed E-state index contributed by atoms with van der Waals surface area (Å²) >= 11 is 0. The number of para-hydroxylation sites is 1. The number of ether oxygens (including phenoxy) is 1. The first kappa shape index (κ1) is 14.3. The highest BCUT2D eigenvalue weighted by molar-refractivity contribution is 6.09. The lowest BCUT2D eigenvalue weighted by molar-refractivity contribution is -0.115. The highest BCUT2D eigenvalue weighted by Gasteiger charge is 2.22. The average Bonchev–Trinajstić information content (AvgIpc) is 2.56. The topological polar surface area (TPSA) is 29.5 Å². The average molecular weight is 297 g/mol. The van der Waals surface area contributed by atoms with Crippen molar-refractivity contribution in [2.75, 3.05) is 18.1 Å². The number of fused-ring (bicyclic) bond motifs is 1. The van der Waals surface area contributed by atoms with Crippen LogP contribution in [-0.4, -0.2) is 19.1 Å². The number of rotatable bonds is 3. The molecule has 112 valence electrons. The summed E-state index contributed by atoms with van der Waals surface area (Å²) in [5.74, 6) is 0.342. The third-order valence-corrected chi connectivity index (χ3v) is 3.61. The summed E-state index contributed by atoms with van der Waals surface area (Å²) in [7, 11) is 0. The van der Waals surface area contributed by atoms with E-state index in [1.807, 2.05) is 37.3 Å². The van der Waals surface area contributed by atoms with Gasteiger partial charge < -0.3 is 9.64 Å². The van der Waals surface area contributed by atoms with Crippen LogP contribution in [-0.2, 0) is 4.79 Å². The lowest BCUT2D eigenvalue weighted by atomic mass is 10.1. The third kappa shape index (κ3) is 2.72. The maximum Gasteiger partial charge on any atom is 0.257 e. The fourth-order valence-electron chi connectivity index (χ4n) is 2.48. The number of nitrogens with zero attached hydrogens (tertiary/aromatic N) is 1. The molecule has 1 heterocycles. The van der Waals surface area contributed by atoms with Crippen molar-refractivity contribution in [1.29, 1.82) is 0 Å². The molecular weight excluding hydrogens is 281 g/mol. The van der Waals surface area contributed by atoms with Gasteiger partial charge in [0, 0.05) is 17.8 Å². The molecule has 0 bridgehead atoms. The van der Waals surface area contributed by atoms with Gasteiger partial charge in [0.25, 0.3) is 5.91 Å². The maximum atomic E-state index is 13.0. The number of likely N-dealkylation sites (N-methyl/N-ethyl adjacent to an activating group) is 1. The van der Waals surface area contributed by atoms with Gasteiger partial charge in [0.2, 0.25) is 0 Å². The van der Waals surface area contributed by atoms with Gasteiger partial charge in [-0.3, -0.25) is 4.79 Å². The summed E-state index contributed by atoms with van der Waals surface area (Å²) in [5, 5.41) is 0. The summed E-state index contributed by atoms with van der Waals surface area (Å²) in [6.45, 7) is 2.64. The van der Waals surface area contributed by atoms with Crippen molar-refractivity contribution in [3.05, 3.63) is 65.5 Å². The molecule has 4 heteroatoms. The second kappa shape index (κ2) is 6.02. The summed E-state index contributed by atoms with van der Waals surface area (Å²) in [4.78, 5) is 14.3. The number of carbonyl (C=O) groups excluding carboxylic acids is 1. The lowest BCUT2D eigenvalue weighted by Crippen LogP contribution is -2.34. The van der Waals surface area contributed by atoms with Gasteiger partial charge in [-0.1, -0.05) is 18.2 Å². The first-order chi connectivity index (χ1) is 10.7. The molecule has 1 aliphatic heterocycles. The minimum absolute atomic E-state index is 0.122. The first-order valence-corrected chi connectivity index (χ1v) is 7.19. The molecule has 1 amide bonds. The van der Waals surface area contributed by atoms with E-state index in [-0.39, 0.29) is 18.3 Å². The zero-order valence-electron chi connectivity index (χ0n) is 12.3. The van der Waals surface area contributed by atoms with Gasteiger partial charge in [-0.2, -0.15) is 0 Å². The van der Waals surface area contributed by atoms with Crippen LogP contribution in [0.2, 0.25) is 0 Å². The number of hydrogen-bond donors (Lipinski definition) is 0. The van der Waals surface area contributed by atoms with Crippen LogP contribution in [0, 0.1) is 5.82 Å². The summed E-state index contributed by atoms with van der Waals surface area (Å²) < 4.78 is 18.7. The highest BCUT2D eigenvalue weighted by Crippen LogP contribution is 2.27. The van der Waals surface area contributed by atoms with Crippen LogP contribution < -0.4 is 9.64 Å². The van der Waals surface area contributed by atoms with Gasteiger partial charge in [-0.25, -0.2) is 4.39 Å². The van der Waals surface area contributed by atoms with Crippen LogP contribution in [0.3, 0.4) is 0 Å². The quantitative estimate of drug-likeness (QED) is 0.865. The molecule has 3 nitrogen and oxygen atoms in total. The minimum Gasteiger partial charge on any atom is -0.488 e. The summed E-state index contributed by atoms with van der Waals surface area (Å²) in [5.41, 5.74) is 2.16. The molecule has 0 saturated heterocycles. The molecule has 0 N–H and O–H groups in total. The normalized spacial score (nSPS) is 12.9. The van der Waals surface area contributed by atoms with Crippen LogP contribution in [0.15, 0.2) is 54.1 Å². The van der Waals surface area contributed by atoms with Crippen molar-refractivity contribution >= 4 is 17.7 Å². The molecule has 0 radical (unpaired) electrons. The van der Waals surface area contributed by atoms with E-state index in [4.69, 9.17) is 4.74 Å². The van der Waals surface area contributed by atoms with E-state index in [0.29, 0.717) is 17.8 Å². The van der Waals surface area contributed by atoms with Crippen LogP contribution in [0.1, 0.15) is 12.5 Å². The summed E-state index contributed by atoms with van der Waals surface area (Å²) in [6.07, 6.45) is 1.85. The fourth-order valence-corrected chi connectivity index (χ4v) is 2.48. The van der Waals surface area contributed by atoms with Crippen molar-refractivity contribution < 1.29 is 13.9 Å². The minimum atomic E-state index is -0.318. The van der Waals surface area contributed by atoms with Gasteiger partial charge in [-0.15, -0.1) is 0 Å². The predicted molar refractivity (Wildman–Crippen MR) is 84.3 cm³/mol. The monoisotopic (exact) mass is 297 g/mol. The third-order valence-electron chi connectivity index (χ3n) is 3.61. The predicted octanol–water partition coefficient (Wildman–Crippen LogP) is 3.65. The Labute approximate surface area is 128 Å². The van der Waals surface area contributed by atoms with Gasteiger partial charge >= 0.3 is 0 Å². The Morgan fingerprint density at radius 3 is 2.64 bits per heavy atom. The molecule has 1 aliphatic rings. The van der Waals surface area contributed by atoms with Gasteiger partial charge in [0.1, 0.15) is 18.2 Å². The second-order valence-corrected chi connectivity index (χ2v) is 5.02. The Bertz CT molecular complexity index is 722. The molecule has 3 rings (SSSR count). The zero-order valence-corrected chi connectivity index (χ0v) is 12.3. The smallest absolute Gasteiger partial charge is 0.257 e. The highest BCUT2D eigenvalue weighted by atomic mass is 19.1. The van der Waals surface area contributed by atoms with Crippen LogP contribution in [0.25, 0.3) is 6.08 Å².